The molecule has 2 aromatic rings. The number of anilines is 1. The van der Waals surface area contributed by atoms with Crippen LogP contribution in [0.3, 0.4) is 0 Å². The minimum Gasteiger partial charge on any atom is -0.276 e. The van der Waals surface area contributed by atoms with Crippen molar-refractivity contribution in [2.24, 2.45) is 0 Å². The Morgan fingerprint density at radius 3 is 2.56 bits per heavy atom. The second-order valence-electron chi connectivity index (χ2n) is 3.88. The third-order valence-corrected chi connectivity index (χ3v) is 5.55. The molecule has 98 valence electrons. The lowest BCUT2D eigenvalue weighted by Crippen LogP contribution is -2.22. The van der Waals surface area contributed by atoms with Crippen molar-refractivity contribution >= 4 is 36.6 Å². The molecule has 0 bridgehead atoms. The van der Waals surface area contributed by atoms with E-state index >= 15 is 0 Å². The van der Waals surface area contributed by atoms with Gasteiger partial charge in [0.2, 0.25) is 10.0 Å². The van der Waals surface area contributed by atoms with Crippen molar-refractivity contribution in [2.75, 3.05) is 16.1 Å². The molecule has 1 aromatic heterocycles. The molecule has 1 heterocycles. The van der Waals surface area contributed by atoms with E-state index < -0.39 is 24.9 Å². The second-order valence-corrected chi connectivity index (χ2v) is 8.11. The van der Waals surface area contributed by atoms with Crippen LogP contribution >= 0.6 is 0 Å². The molecular weight excluding hydrogens is 278 g/mol. The van der Waals surface area contributed by atoms with Crippen LogP contribution in [-0.2, 0) is 19.9 Å². The summed E-state index contributed by atoms with van der Waals surface area (Å²) in [5, 5.41) is 6.05. The maximum Gasteiger partial charge on any atom is 0.248 e. The molecule has 0 saturated heterocycles. The van der Waals surface area contributed by atoms with Crippen LogP contribution in [0.4, 0.5) is 5.82 Å². The van der Waals surface area contributed by atoms with Gasteiger partial charge in [0.1, 0.15) is 0 Å². The molecule has 0 radical (unpaired) electrons. The number of sulfone groups is 1. The van der Waals surface area contributed by atoms with Crippen molar-refractivity contribution < 1.29 is 16.8 Å². The molecule has 2 rings (SSSR count). The molecule has 0 aliphatic carbocycles. The molecule has 0 saturated carbocycles. The minimum absolute atomic E-state index is 0.0919. The highest BCUT2D eigenvalue weighted by Crippen LogP contribution is 2.20. The Hall–Kier alpha value is -1.61. The lowest BCUT2D eigenvalue weighted by atomic mass is 10.2. The molecule has 0 atom stereocenters. The summed E-state index contributed by atoms with van der Waals surface area (Å²) in [5.74, 6) is 0.0919. The number of hydrogen-bond donors (Lipinski definition) is 2. The van der Waals surface area contributed by atoms with E-state index in [1.807, 2.05) is 0 Å². The van der Waals surface area contributed by atoms with Gasteiger partial charge in [-0.05, 0) is 12.1 Å². The Kier molecular flexibility index (Phi) is 3.03. The van der Waals surface area contributed by atoms with E-state index in [2.05, 4.69) is 14.9 Å². The molecule has 1 aromatic carbocycles. The summed E-state index contributed by atoms with van der Waals surface area (Å²) in [5.41, 5.74) is 0.662. The van der Waals surface area contributed by atoms with Gasteiger partial charge in [-0.1, -0.05) is 12.1 Å². The van der Waals surface area contributed by atoms with Crippen molar-refractivity contribution in [1.29, 1.82) is 0 Å². The van der Waals surface area contributed by atoms with Gasteiger partial charge < -0.3 is 0 Å². The third-order valence-electron chi connectivity index (χ3n) is 2.09. The summed E-state index contributed by atoms with van der Waals surface area (Å²) in [6, 6.07) is 6.91. The average molecular weight is 289 g/mol. The smallest absolute Gasteiger partial charge is 0.248 e. The number of aromatic nitrogens is 2. The summed E-state index contributed by atoms with van der Waals surface area (Å²) in [7, 11) is -7.60. The largest absolute Gasteiger partial charge is 0.276 e. The van der Waals surface area contributed by atoms with Crippen molar-refractivity contribution in [2.45, 2.75) is 0 Å². The number of rotatable bonds is 4. The SMILES string of the molecule is CS(=O)(=O)CS(=O)(=O)Nc1n[nH]c2ccccc12. The second kappa shape index (κ2) is 4.25. The molecule has 0 unspecified atom stereocenters. The number of aromatic amines is 1. The zero-order valence-corrected chi connectivity index (χ0v) is 11.0. The fraction of sp³-hybridized carbons (Fsp3) is 0.222. The molecule has 9 heteroatoms. The van der Waals surface area contributed by atoms with E-state index in [-0.39, 0.29) is 5.82 Å². The summed E-state index contributed by atoms with van der Waals surface area (Å²) in [6.07, 6.45) is 0.856. The summed E-state index contributed by atoms with van der Waals surface area (Å²) < 4.78 is 47.4. The van der Waals surface area contributed by atoms with Gasteiger partial charge in [-0.15, -0.1) is 0 Å². The zero-order valence-electron chi connectivity index (χ0n) is 9.41. The first-order valence-electron chi connectivity index (χ1n) is 4.88. The van der Waals surface area contributed by atoms with Crippen molar-refractivity contribution in [3.8, 4) is 0 Å². The van der Waals surface area contributed by atoms with Crippen LogP contribution in [0.1, 0.15) is 0 Å². The summed E-state index contributed by atoms with van der Waals surface area (Å²) in [4.78, 5) is 0. The third kappa shape index (κ3) is 2.99. The minimum atomic E-state index is -3.97. The molecule has 2 N–H and O–H groups in total. The lowest BCUT2D eigenvalue weighted by molar-refractivity contribution is 0.595. The number of hydrogen-bond acceptors (Lipinski definition) is 5. The fourth-order valence-electron chi connectivity index (χ4n) is 1.50. The number of nitrogens with zero attached hydrogens (tertiary/aromatic N) is 1. The lowest BCUT2D eigenvalue weighted by Gasteiger charge is -2.04. The van der Waals surface area contributed by atoms with Crippen LogP contribution in [0.2, 0.25) is 0 Å². The Morgan fingerprint density at radius 2 is 1.89 bits per heavy atom. The first-order chi connectivity index (χ1) is 8.27. The Balaban J connectivity index is 2.35. The maximum atomic E-state index is 11.6. The van der Waals surface area contributed by atoms with E-state index in [1.165, 1.54) is 0 Å². The number of H-pyrrole nitrogens is 1. The van der Waals surface area contributed by atoms with E-state index in [4.69, 9.17) is 0 Å². The van der Waals surface area contributed by atoms with E-state index in [0.717, 1.165) is 6.26 Å². The number of fused-ring (bicyclic) bond motifs is 1. The van der Waals surface area contributed by atoms with Crippen LogP contribution in [0.5, 0.6) is 0 Å². The van der Waals surface area contributed by atoms with Gasteiger partial charge in [-0.25, -0.2) is 16.8 Å². The van der Waals surface area contributed by atoms with E-state index in [0.29, 0.717) is 10.9 Å². The highest BCUT2D eigenvalue weighted by atomic mass is 32.3. The van der Waals surface area contributed by atoms with Crippen molar-refractivity contribution in [3.05, 3.63) is 24.3 Å². The molecule has 0 amide bonds. The zero-order chi connectivity index (χ0) is 13.4. The molecule has 0 spiro atoms. The van der Waals surface area contributed by atoms with Crippen molar-refractivity contribution in [3.63, 3.8) is 0 Å². The van der Waals surface area contributed by atoms with E-state index in [9.17, 15) is 16.8 Å². The molecule has 0 aliphatic rings. The molecule has 0 aliphatic heterocycles. The normalized spacial score (nSPS) is 12.7. The predicted octanol–water partition coefficient (Wildman–Crippen LogP) is 0.307. The highest BCUT2D eigenvalue weighted by Gasteiger charge is 2.20. The van der Waals surface area contributed by atoms with E-state index in [1.54, 1.807) is 24.3 Å². The van der Waals surface area contributed by atoms with Crippen LogP contribution in [0.25, 0.3) is 10.9 Å². The van der Waals surface area contributed by atoms with Crippen LogP contribution < -0.4 is 4.72 Å². The monoisotopic (exact) mass is 289 g/mol. The number of nitrogens with one attached hydrogen (secondary N) is 2. The topological polar surface area (TPSA) is 109 Å². The first-order valence-corrected chi connectivity index (χ1v) is 8.59. The standard InChI is InChI=1S/C9H11N3O4S2/c1-17(13,14)6-18(15,16)12-9-7-4-2-3-5-8(7)10-11-9/h2-5H,6H2,1H3,(H2,10,11,12). The Bertz CT molecular complexity index is 777. The Morgan fingerprint density at radius 1 is 1.22 bits per heavy atom. The molecule has 18 heavy (non-hydrogen) atoms. The molecule has 0 fully saturated rings. The number of sulfonamides is 1. The van der Waals surface area contributed by atoms with Crippen LogP contribution in [-0.4, -0.2) is 38.4 Å². The maximum absolute atomic E-state index is 11.6. The predicted molar refractivity (Wildman–Crippen MR) is 68.3 cm³/mol. The summed E-state index contributed by atoms with van der Waals surface area (Å²) >= 11 is 0. The first kappa shape index (κ1) is 12.8. The van der Waals surface area contributed by atoms with Gasteiger partial charge >= 0.3 is 0 Å². The quantitative estimate of drug-likeness (QED) is 0.841. The van der Waals surface area contributed by atoms with Crippen molar-refractivity contribution in [1.82, 2.24) is 10.2 Å². The summed E-state index contributed by atoms with van der Waals surface area (Å²) in [6.45, 7) is 0. The average Bonchev–Trinajstić information content (AvgIpc) is 2.57. The van der Waals surface area contributed by atoms with Gasteiger partial charge in [0.25, 0.3) is 0 Å². The molecular formula is C9H11N3O4S2. The van der Waals surface area contributed by atoms with Gasteiger partial charge in [-0.3, -0.25) is 9.82 Å². The number of benzene rings is 1. The highest BCUT2D eigenvalue weighted by molar-refractivity contribution is 8.08. The fourth-order valence-corrected chi connectivity index (χ4v) is 4.44. The van der Waals surface area contributed by atoms with Gasteiger partial charge in [0, 0.05) is 11.6 Å². The van der Waals surface area contributed by atoms with Crippen LogP contribution in [0.15, 0.2) is 24.3 Å². The molecule has 7 nitrogen and oxygen atoms in total. The van der Waals surface area contributed by atoms with Crippen LogP contribution in [0, 0.1) is 0 Å². The van der Waals surface area contributed by atoms with Gasteiger partial charge in [-0.2, -0.15) is 5.10 Å². The van der Waals surface area contributed by atoms with Gasteiger partial charge in [0.15, 0.2) is 20.7 Å². The number of para-hydroxylation sites is 1. The van der Waals surface area contributed by atoms with Gasteiger partial charge in [0.05, 0.1) is 5.52 Å². The Labute approximate surface area is 104 Å².